The number of urea groups is 1. The van der Waals surface area contributed by atoms with Crippen LogP contribution >= 0.6 is 0 Å². The normalized spacial score (nSPS) is 19.1. The third kappa shape index (κ3) is 4.39. The average molecular weight is 391 g/mol. The standard InChI is InChI=1S/C18H25N5O5/c1-11(2)22(9-14(19)24)10-15(25)21-23-16(26)18(3,20-17(23)27)12-5-7-13(28-4)8-6-12/h5-8,11H,9-10H2,1-4H3,(H2,19,24)(H,20,27)(H,21,25). The maximum absolute atomic E-state index is 12.8. The molecule has 10 nitrogen and oxygen atoms in total. The zero-order chi connectivity index (χ0) is 21.1. The first-order chi connectivity index (χ1) is 13.1. The van der Waals surface area contributed by atoms with Crippen molar-refractivity contribution in [3.63, 3.8) is 0 Å². The number of hydrogen-bond acceptors (Lipinski definition) is 6. The molecule has 0 spiro atoms. The molecule has 1 aliphatic heterocycles. The third-order valence-electron chi connectivity index (χ3n) is 4.53. The summed E-state index contributed by atoms with van der Waals surface area (Å²) < 4.78 is 5.09. The molecular formula is C18H25N5O5. The predicted octanol–water partition coefficient (Wildman–Crippen LogP) is -0.311. The van der Waals surface area contributed by atoms with Gasteiger partial charge in [0.05, 0.1) is 20.2 Å². The lowest BCUT2D eigenvalue weighted by Crippen LogP contribution is -2.52. The van der Waals surface area contributed by atoms with Gasteiger partial charge in [-0.05, 0) is 38.5 Å². The van der Waals surface area contributed by atoms with Crippen molar-refractivity contribution in [1.29, 1.82) is 0 Å². The molecule has 1 saturated heterocycles. The second-order valence-corrected chi connectivity index (χ2v) is 6.92. The second kappa shape index (κ2) is 8.26. The summed E-state index contributed by atoms with van der Waals surface area (Å²) in [5.41, 5.74) is 6.69. The van der Waals surface area contributed by atoms with Gasteiger partial charge in [-0.25, -0.2) is 4.79 Å². The molecule has 10 heteroatoms. The van der Waals surface area contributed by atoms with Crippen LogP contribution in [0.5, 0.6) is 5.75 Å². The lowest BCUT2D eigenvalue weighted by molar-refractivity contribution is -0.139. The van der Waals surface area contributed by atoms with E-state index in [4.69, 9.17) is 10.5 Å². The number of primary amides is 1. The van der Waals surface area contributed by atoms with Gasteiger partial charge in [-0.15, -0.1) is 0 Å². The fourth-order valence-corrected chi connectivity index (χ4v) is 2.83. The predicted molar refractivity (Wildman–Crippen MR) is 99.8 cm³/mol. The molecule has 0 aliphatic carbocycles. The first-order valence-corrected chi connectivity index (χ1v) is 8.71. The number of benzene rings is 1. The lowest BCUT2D eigenvalue weighted by Gasteiger charge is -2.25. The van der Waals surface area contributed by atoms with Gasteiger partial charge in [-0.1, -0.05) is 12.1 Å². The van der Waals surface area contributed by atoms with Crippen LogP contribution in [0, 0.1) is 0 Å². The topological polar surface area (TPSA) is 134 Å². The highest BCUT2D eigenvalue weighted by atomic mass is 16.5. The van der Waals surface area contributed by atoms with Crippen LogP contribution in [-0.2, 0) is 19.9 Å². The molecular weight excluding hydrogens is 366 g/mol. The molecule has 1 unspecified atom stereocenters. The summed E-state index contributed by atoms with van der Waals surface area (Å²) in [6.07, 6.45) is 0. The van der Waals surface area contributed by atoms with Crippen molar-refractivity contribution in [2.75, 3.05) is 20.2 Å². The number of carbonyl (C=O) groups excluding carboxylic acids is 4. The Labute approximate surface area is 162 Å². The van der Waals surface area contributed by atoms with Gasteiger partial charge in [0.2, 0.25) is 5.91 Å². The highest BCUT2D eigenvalue weighted by molar-refractivity contribution is 6.08. The monoisotopic (exact) mass is 391 g/mol. The number of nitrogens with two attached hydrogens (primary N) is 1. The largest absolute Gasteiger partial charge is 0.497 e. The number of imide groups is 1. The molecule has 5 amide bonds. The highest BCUT2D eigenvalue weighted by Gasteiger charge is 2.50. The van der Waals surface area contributed by atoms with E-state index in [1.165, 1.54) is 12.0 Å². The smallest absolute Gasteiger partial charge is 0.344 e. The van der Waals surface area contributed by atoms with Crippen molar-refractivity contribution in [1.82, 2.24) is 20.7 Å². The minimum Gasteiger partial charge on any atom is -0.497 e. The summed E-state index contributed by atoms with van der Waals surface area (Å²) in [6, 6.07) is 5.79. The molecule has 152 valence electrons. The van der Waals surface area contributed by atoms with Crippen molar-refractivity contribution < 1.29 is 23.9 Å². The van der Waals surface area contributed by atoms with Crippen LogP contribution in [0.25, 0.3) is 0 Å². The minimum absolute atomic E-state index is 0.116. The highest BCUT2D eigenvalue weighted by Crippen LogP contribution is 2.29. The molecule has 1 fully saturated rings. The zero-order valence-electron chi connectivity index (χ0n) is 16.3. The van der Waals surface area contributed by atoms with Crippen molar-refractivity contribution >= 4 is 23.8 Å². The van der Waals surface area contributed by atoms with Crippen molar-refractivity contribution in [2.24, 2.45) is 5.73 Å². The summed E-state index contributed by atoms with van der Waals surface area (Å²) >= 11 is 0. The molecule has 28 heavy (non-hydrogen) atoms. The first kappa shape index (κ1) is 21.2. The SMILES string of the molecule is COc1ccc(C2(C)NC(=O)N(NC(=O)CN(CC(N)=O)C(C)C)C2=O)cc1. The number of hydrogen-bond donors (Lipinski definition) is 3. The Morgan fingerprint density at radius 2 is 1.86 bits per heavy atom. The Morgan fingerprint density at radius 1 is 1.25 bits per heavy atom. The van der Waals surface area contributed by atoms with E-state index >= 15 is 0 Å². The van der Waals surface area contributed by atoms with Crippen LogP contribution in [0.1, 0.15) is 26.3 Å². The van der Waals surface area contributed by atoms with Crippen LogP contribution in [0.4, 0.5) is 4.79 Å². The van der Waals surface area contributed by atoms with Crippen LogP contribution < -0.4 is 21.2 Å². The zero-order valence-corrected chi connectivity index (χ0v) is 16.3. The third-order valence-corrected chi connectivity index (χ3v) is 4.53. The van der Waals surface area contributed by atoms with E-state index in [1.807, 2.05) is 0 Å². The van der Waals surface area contributed by atoms with Gasteiger partial charge in [0.25, 0.3) is 11.8 Å². The van der Waals surface area contributed by atoms with E-state index < -0.39 is 29.3 Å². The van der Waals surface area contributed by atoms with Gasteiger partial charge < -0.3 is 15.8 Å². The molecule has 0 saturated carbocycles. The van der Waals surface area contributed by atoms with Crippen molar-refractivity contribution in [3.05, 3.63) is 29.8 Å². The number of nitrogens with zero attached hydrogens (tertiary/aromatic N) is 2. The van der Waals surface area contributed by atoms with E-state index in [1.54, 1.807) is 45.0 Å². The number of nitrogens with one attached hydrogen (secondary N) is 2. The summed E-state index contributed by atoms with van der Waals surface area (Å²) in [7, 11) is 1.52. The Bertz CT molecular complexity index is 779. The molecule has 0 bridgehead atoms. The van der Waals surface area contributed by atoms with Crippen molar-refractivity contribution in [2.45, 2.75) is 32.4 Å². The van der Waals surface area contributed by atoms with Crippen LogP contribution in [-0.4, -0.2) is 59.9 Å². The summed E-state index contributed by atoms with van der Waals surface area (Å²) in [4.78, 5) is 50.1. The number of rotatable bonds is 8. The number of carbonyl (C=O) groups is 4. The average Bonchev–Trinajstić information content (AvgIpc) is 2.85. The number of ether oxygens (including phenoxy) is 1. The Hall–Kier alpha value is -3.14. The van der Waals surface area contributed by atoms with E-state index in [2.05, 4.69) is 10.7 Å². The van der Waals surface area contributed by atoms with Gasteiger partial charge in [-0.2, -0.15) is 5.01 Å². The fraction of sp³-hybridized carbons (Fsp3) is 0.444. The molecule has 1 heterocycles. The number of methoxy groups -OCH3 is 1. The summed E-state index contributed by atoms with van der Waals surface area (Å²) in [5.74, 6) is -1.21. The number of amides is 5. The van der Waals surface area contributed by atoms with Crippen LogP contribution in [0.15, 0.2) is 24.3 Å². The maximum atomic E-state index is 12.8. The summed E-state index contributed by atoms with van der Waals surface area (Å²) in [6.45, 7) is 4.83. The van der Waals surface area contributed by atoms with E-state index in [0.29, 0.717) is 16.3 Å². The van der Waals surface area contributed by atoms with Crippen LogP contribution in [0.3, 0.4) is 0 Å². The second-order valence-electron chi connectivity index (χ2n) is 6.92. The van der Waals surface area contributed by atoms with Crippen molar-refractivity contribution in [3.8, 4) is 5.75 Å². The molecule has 1 aliphatic rings. The van der Waals surface area contributed by atoms with Gasteiger partial charge >= 0.3 is 6.03 Å². The molecule has 1 aromatic carbocycles. The molecule has 0 aromatic heterocycles. The summed E-state index contributed by atoms with van der Waals surface area (Å²) in [5, 5.41) is 3.24. The van der Waals surface area contributed by atoms with E-state index in [0.717, 1.165) is 0 Å². The fourth-order valence-electron chi connectivity index (χ4n) is 2.83. The first-order valence-electron chi connectivity index (χ1n) is 8.71. The van der Waals surface area contributed by atoms with Gasteiger partial charge in [0.1, 0.15) is 11.3 Å². The molecule has 1 aromatic rings. The van der Waals surface area contributed by atoms with Gasteiger partial charge in [0.15, 0.2) is 0 Å². The molecule has 2 rings (SSSR count). The molecule has 1 atom stereocenters. The number of hydrazine groups is 1. The van der Waals surface area contributed by atoms with E-state index in [9.17, 15) is 19.2 Å². The Balaban J connectivity index is 2.12. The minimum atomic E-state index is -1.33. The molecule has 4 N–H and O–H groups in total. The van der Waals surface area contributed by atoms with Crippen LogP contribution in [0.2, 0.25) is 0 Å². The maximum Gasteiger partial charge on any atom is 0.344 e. The van der Waals surface area contributed by atoms with E-state index in [-0.39, 0.29) is 19.1 Å². The Morgan fingerprint density at radius 3 is 2.36 bits per heavy atom. The lowest BCUT2D eigenvalue weighted by atomic mass is 9.92. The molecule has 0 radical (unpaired) electrons. The van der Waals surface area contributed by atoms with Gasteiger partial charge in [-0.3, -0.25) is 24.7 Å². The van der Waals surface area contributed by atoms with Gasteiger partial charge in [0, 0.05) is 6.04 Å². The quantitative estimate of drug-likeness (QED) is 0.521. The Kier molecular flexibility index (Phi) is 6.24.